The molecule has 0 radical (unpaired) electrons. The summed E-state index contributed by atoms with van der Waals surface area (Å²) in [6.45, 7) is 2.02. The summed E-state index contributed by atoms with van der Waals surface area (Å²) in [6, 6.07) is 20.2. The van der Waals surface area contributed by atoms with Gasteiger partial charge >= 0.3 is 6.03 Å². The molecular formula is C28H32N4O4. The number of amides is 3. The van der Waals surface area contributed by atoms with Gasteiger partial charge < -0.3 is 20.1 Å². The molecule has 1 aliphatic rings. The van der Waals surface area contributed by atoms with Crippen LogP contribution in [0.5, 0.6) is 11.5 Å². The molecule has 8 heteroatoms. The fraction of sp³-hybridized carbons (Fsp3) is 0.286. The molecule has 0 bridgehead atoms. The number of para-hydroxylation sites is 1. The van der Waals surface area contributed by atoms with Crippen LogP contribution in [-0.4, -0.2) is 56.3 Å². The molecule has 1 unspecified atom stereocenters. The maximum absolute atomic E-state index is 12.9. The number of nitrogens with zero attached hydrogens (tertiary/aromatic N) is 2. The fourth-order valence-electron chi connectivity index (χ4n) is 4.80. The van der Waals surface area contributed by atoms with Crippen molar-refractivity contribution < 1.29 is 19.1 Å². The number of carbonyl (C=O) groups excluding carboxylic acids is 2. The van der Waals surface area contributed by atoms with Crippen molar-refractivity contribution in [3.63, 3.8) is 0 Å². The van der Waals surface area contributed by atoms with E-state index in [0.717, 1.165) is 22.4 Å². The molecule has 0 aromatic heterocycles. The predicted molar refractivity (Wildman–Crippen MR) is 139 cm³/mol. The molecule has 4 rings (SSSR count). The van der Waals surface area contributed by atoms with Gasteiger partial charge in [0.1, 0.15) is 0 Å². The van der Waals surface area contributed by atoms with Crippen molar-refractivity contribution in [2.45, 2.75) is 25.4 Å². The fourth-order valence-corrected chi connectivity index (χ4v) is 4.80. The van der Waals surface area contributed by atoms with Crippen molar-refractivity contribution in [3.05, 3.63) is 89.0 Å². The van der Waals surface area contributed by atoms with Gasteiger partial charge in [0, 0.05) is 25.3 Å². The Balaban J connectivity index is 1.75. The van der Waals surface area contributed by atoms with Crippen molar-refractivity contribution in [3.8, 4) is 11.5 Å². The van der Waals surface area contributed by atoms with E-state index in [4.69, 9.17) is 9.47 Å². The van der Waals surface area contributed by atoms with Gasteiger partial charge in [-0.05, 0) is 66.4 Å². The maximum Gasteiger partial charge on any atom is 0.331 e. The second-order valence-electron chi connectivity index (χ2n) is 8.78. The number of anilines is 1. The normalized spacial score (nSPS) is 17.5. The Bertz CT molecular complexity index is 1230. The highest BCUT2D eigenvalue weighted by molar-refractivity contribution is 6.04. The van der Waals surface area contributed by atoms with E-state index in [1.165, 1.54) is 0 Å². The first-order valence-electron chi connectivity index (χ1n) is 11.8. The highest BCUT2D eigenvalue weighted by Gasteiger charge is 2.36. The zero-order chi connectivity index (χ0) is 25.8. The number of benzene rings is 3. The number of hydrogen-bond donors (Lipinski definition) is 2. The Hall–Kier alpha value is -4.04. The number of ether oxygens (including phenoxy) is 2. The summed E-state index contributed by atoms with van der Waals surface area (Å²) < 4.78 is 11.2. The number of carbonyl (C=O) groups is 2. The number of hydrazine groups is 1. The Labute approximate surface area is 211 Å². The van der Waals surface area contributed by atoms with Crippen molar-refractivity contribution >= 4 is 17.6 Å². The van der Waals surface area contributed by atoms with Crippen LogP contribution in [0.25, 0.3) is 0 Å². The van der Waals surface area contributed by atoms with Crippen LogP contribution in [0.1, 0.15) is 40.0 Å². The number of fused-ring (bicyclic) bond motifs is 1. The van der Waals surface area contributed by atoms with Crippen molar-refractivity contribution in [2.24, 2.45) is 0 Å². The molecular weight excluding hydrogens is 456 g/mol. The second kappa shape index (κ2) is 10.7. The van der Waals surface area contributed by atoms with Gasteiger partial charge in [-0.25, -0.2) is 9.80 Å². The third-order valence-electron chi connectivity index (χ3n) is 6.53. The lowest BCUT2D eigenvalue weighted by Crippen LogP contribution is -2.53. The first-order valence-corrected chi connectivity index (χ1v) is 11.8. The van der Waals surface area contributed by atoms with E-state index in [-0.39, 0.29) is 24.0 Å². The minimum Gasteiger partial charge on any atom is -0.493 e. The van der Waals surface area contributed by atoms with Gasteiger partial charge in [0.15, 0.2) is 11.5 Å². The minimum absolute atomic E-state index is 0.104. The van der Waals surface area contributed by atoms with Gasteiger partial charge in [0.25, 0.3) is 5.91 Å². The van der Waals surface area contributed by atoms with E-state index in [2.05, 4.69) is 10.6 Å². The molecule has 36 heavy (non-hydrogen) atoms. The molecule has 1 aliphatic heterocycles. The van der Waals surface area contributed by atoms with Crippen LogP contribution < -0.4 is 20.1 Å². The highest BCUT2D eigenvalue weighted by Crippen LogP contribution is 2.41. The summed E-state index contributed by atoms with van der Waals surface area (Å²) in [4.78, 5) is 25.7. The molecule has 0 aliphatic carbocycles. The van der Waals surface area contributed by atoms with Crippen molar-refractivity contribution in [2.75, 3.05) is 33.6 Å². The molecule has 0 spiro atoms. The van der Waals surface area contributed by atoms with Crippen LogP contribution in [-0.2, 0) is 6.42 Å². The molecule has 2 N–H and O–H groups in total. The Morgan fingerprint density at radius 3 is 2.19 bits per heavy atom. The summed E-state index contributed by atoms with van der Waals surface area (Å²) in [5, 5.41) is 9.35. The van der Waals surface area contributed by atoms with Crippen molar-refractivity contribution in [1.82, 2.24) is 15.3 Å². The van der Waals surface area contributed by atoms with E-state index >= 15 is 0 Å². The van der Waals surface area contributed by atoms with Crippen LogP contribution >= 0.6 is 0 Å². The third kappa shape index (κ3) is 4.85. The number of urea groups is 1. The maximum atomic E-state index is 12.9. The predicted octanol–water partition coefficient (Wildman–Crippen LogP) is 4.48. The molecule has 0 saturated heterocycles. The summed E-state index contributed by atoms with van der Waals surface area (Å²) in [6.07, 6.45) is 0.640. The molecule has 0 saturated carbocycles. The first-order chi connectivity index (χ1) is 17.4. The SMILES string of the molecule is CNC(=O)N1[C@H](C)Cc2cc(OC)c(OC)cc2C(c2ccc(C(=O)Nc3ccccc3)cc2)N1C. The molecule has 3 aromatic rings. The Morgan fingerprint density at radius 2 is 1.58 bits per heavy atom. The summed E-state index contributed by atoms with van der Waals surface area (Å²) >= 11 is 0. The topological polar surface area (TPSA) is 83.1 Å². The van der Waals surface area contributed by atoms with Crippen molar-refractivity contribution in [1.29, 1.82) is 0 Å². The lowest BCUT2D eigenvalue weighted by molar-refractivity contribution is -0.00905. The quantitative estimate of drug-likeness (QED) is 0.553. The average Bonchev–Trinajstić information content (AvgIpc) is 3.00. The van der Waals surface area contributed by atoms with Gasteiger partial charge in [-0.2, -0.15) is 0 Å². The smallest absolute Gasteiger partial charge is 0.331 e. The Kier molecular flexibility index (Phi) is 7.45. The molecule has 0 fully saturated rings. The number of hydrogen-bond acceptors (Lipinski definition) is 5. The highest BCUT2D eigenvalue weighted by atomic mass is 16.5. The Morgan fingerprint density at radius 1 is 0.944 bits per heavy atom. The van der Waals surface area contributed by atoms with Gasteiger partial charge in [-0.3, -0.25) is 9.80 Å². The van der Waals surface area contributed by atoms with Gasteiger partial charge in [0.2, 0.25) is 0 Å². The zero-order valence-corrected chi connectivity index (χ0v) is 21.2. The second-order valence-corrected chi connectivity index (χ2v) is 8.78. The van der Waals surface area contributed by atoms with Gasteiger partial charge in [-0.1, -0.05) is 30.3 Å². The lowest BCUT2D eigenvalue weighted by Gasteiger charge is -2.39. The lowest BCUT2D eigenvalue weighted by atomic mass is 9.91. The molecule has 2 atom stereocenters. The summed E-state index contributed by atoms with van der Waals surface area (Å²) in [7, 11) is 6.75. The van der Waals surface area contributed by atoms with Crippen LogP contribution in [0.2, 0.25) is 0 Å². The van der Waals surface area contributed by atoms with Crippen LogP contribution in [0, 0.1) is 0 Å². The van der Waals surface area contributed by atoms with E-state index in [0.29, 0.717) is 23.5 Å². The number of rotatable bonds is 5. The average molecular weight is 489 g/mol. The summed E-state index contributed by atoms with van der Waals surface area (Å²) in [5.41, 5.74) is 4.29. The molecule has 1 heterocycles. The minimum atomic E-state index is -0.298. The van der Waals surface area contributed by atoms with E-state index < -0.39 is 0 Å². The molecule has 8 nitrogen and oxygen atoms in total. The van der Waals surface area contributed by atoms with Crippen LogP contribution in [0.4, 0.5) is 10.5 Å². The van der Waals surface area contributed by atoms with Crippen LogP contribution in [0.15, 0.2) is 66.7 Å². The summed E-state index contributed by atoms with van der Waals surface area (Å²) in [5.74, 6) is 1.08. The number of nitrogens with one attached hydrogen (secondary N) is 2. The third-order valence-corrected chi connectivity index (χ3v) is 6.53. The van der Waals surface area contributed by atoms with E-state index in [1.54, 1.807) is 38.4 Å². The molecule has 3 amide bonds. The zero-order valence-electron chi connectivity index (χ0n) is 21.2. The van der Waals surface area contributed by atoms with E-state index in [1.807, 2.05) is 73.6 Å². The number of methoxy groups -OCH3 is 2. The van der Waals surface area contributed by atoms with Gasteiger partial charge in [-0.15, -0.1) is 0 Å². The largest absolute Gasteiger partial charge is 0.493 e. The molecule has 188 valence electrons. The van der Waals surface area contributed by atoms with Crippen LogP contribution in [0.3, 0.4) is 0 Å². The molecule has 3 aromatic carbocycles. The first kappa shape index (κ1) is 25.1. The standard InChI is InChI=1S/C28H32N4O4/c1-18-15-21-16-24(35-4)25(36-5)17-23(21)26(31(3)32(18)28(34)29-2)19-11-13-20(14-12-19)27(33)30-22-9-7-6-8-10-22/h6-14,16-18,26H,15H2,1-5H3,(H,29,34)(H,30,33)/t18-,26?/m1/s1. The van der Waals surface area contributed by atoms with Gasteiger partial charge in [0.05, 0.1) is 26.3 Å². The van der Waals surface area contributed by atoms with E-state index in [9.17, 15) is 9.59 Å². The monoisotopic (exact) mass is 488 g/mol.